The van der Waals surface area contributed by atoms with Crippen LogP contribution in [0, 0.1) is 6.92 Å². The molecular formula is C13H18ClO. The fourth-order valence-electron chi connectivity index (χ4n) is 1.35. The van der Waals surface area contributed by atoms with Crippen molar-refractivity contribution in [2.24, 2.45) is 0 Å². The molecule has 1 rings (SSSR count). The minimum atomic E-state index is 0.748. The molecule has 0 aromatic heterocycles. The Morgan fingerprint density at radius 3 is 2.33 bits per heavy atom. The van der Waals surface area contributed by atoms with Crippen molar-refractivity contribution >= 4 is 11.6 Å². The Labute approximate surface area is 97.4 Å². The molecule has 0 aliphatic carbocycles. The van der Waals surface area contributed by atoms with Crippen LogP contribution in [0.1, 0.15) is 32.1 Å². The van der Waals surface area contributed by atoms with Crippen molar-refractivity contribution < 1.29 is 4.74 Å². The van der Waals surface area contributed by atoms with E-state index in [4.69, 9.17) is 16.3 Å². The number of unbranched alkanes of at least 4 members (excludes halogenated alkanes) is 4. The van der Waals surface area contributed by atoms with Gasteiger partial charge in [0.15, 0.2) is 0 Å². The zero-order valence-corrected chi connectivity index (χ0v) is 9.80. The fourth-order valence-corrected chi connectivity index (χ4v) is 1.48. The van der Waals surface area contributed by atoms with E-state index >= 15 is 0 Å². The summed E-state index contributed by atoms with van der Waals surface area (Å²) in [5, 5.41) is 0.748. The number of hydrogen-bond acceptors (Lipinski definition) is 1. The molecule has 1 radical (unpaired) electrons. The number of benzene rings is 1. The van der Waals surface area contributed by atoms with Crippen LogP contribution in [0.2, 0.25) is 5.02 Å². The Bertz CT molecular complexity index is 256. The molecular weight excluding hydrogens is 208 g/mol. The molecule has 0 bridgehead atoms. The van der Waals surface area contributed by atoms with Crippen molar-refractivity contribution in [3.05, 3.63) is 36.2 Å². The molecule has 0 atom stereocenters. The summed E-state index contributed by atoms with van der Waals surface area (Å²) < 4.78 is 5.57. The topological polar surface area (TPSA) is 9.23 Å². The van der Waals surface area contributed by atoms with Gasteiger partial charge in [-0.15, -0.1) is 0 Å². The van der Waals surface area contributed by atoms with E-state index in [2.05, 4.69) is 6.92 Å². The summed E-state index contributed by atoms with van der Waals surface area (Å²) in [5.74, 6) is 0.900. The van der Waals surface area contributed by atoms with E-state index in [9.17, 15) is 0 Å². The maximum atomic E-state index is 5.77. The third-order valence-corrected chi connectivity index (χ3v) is 2.48. The van der Waals surface area contributed by atoms with Crippen molar-refractivity contribution in [3.8, 4) is 5.75 Å². The lowest BCUT2D eigenvalue weighted by Gasteiger charge is -2.05. The highest BCUT2D eigenvalue weighted by molar-refractivity contribution is 6.30. The second kappa shape index (κ2) is 7.58. The largest absolute Gasteiger partial charge is 0.494 e. The van der Waals surface area contributed by atoms with Gasteiger partial charge in [0, 0.05) is 5.02 Å². The maximum absolute atomic E-state index is 5.77. The molecule has 1 aromatic carbocycles. The van der Waals surface area contributed by atoms with Crippen molar-refractivity contribution in [3.63, 3.8) is 0 Å². The zero-order chi connectivity index (χ0) is 10.9. The van der Waals surface area contributed by atoms with E-state index < -0.39 is 0 Å². The van der Waals surface area contributed by atoms with Crippen molar-refractivity contribution in [2.75, 3.05) is 6.61 Å². The standard InChI is InChI=1S/C13H18ClO/c1-2-3-4-5-6-11-15-13-9-7-12(14)8-10-13/h7-10H,1-6,11H2. The van der Waals surface area contributed by atoms with Crippen LogP contribution in [0.3, 0.4) is 0 Å². The molecule has 0 fully saturated rings. The van der Waals surface area contributed by atoms with Gasteiger partial charge in [0.2, 0.25) is 0 Å². The van der Waals surface area contributed by atoms with E-state index in [0.29, 0.717) is 0 Å². The normalized spacial score (nSPS) is 10.3. The van der Waals surface area contributed by atoms with E-state index in [1.807, 2.05) is 24.3 Å². The molecule has 83 valence electrons. The summed E-state index contributed by atoms with van der Waals surface area (Å²) in [6, 6.07) is 7.50. The highest BCUT2D eigenvalue weighted by Crippen LogP contribution is 2.15. The molecule has 0 unspecified atom stereocenters. The van der Waals surface area contributed by atoms with Crippen LogP contribution in [-0.2, 0) is 0 Å². The predicted octanol–water partition coefficient (Wildman–Crippen LogP) is 4.50. The van der Waals surface area contributed by atoms with Gasteiger partial charge in [-0.25, -0.2) is 0 Å². The summed E-state index contributed by atoms with van der Waals surface area (Å²) in [6.45, 7) is 4.61. The van der Waals surface area contributed by atoms with Crippen LogP contribution in [0.25, 0.3) is 0 Å². The highest BCUT2D eigenvalue weighted by Gasteiger charge is 1.93. The SMILES string of the molecule is [CH2]CCCCCCOc1ccc(Cl)cc1. The average Bonchev–Trinajstić information content (AvgIpc) is 2.26. The van der Waals surface area contributed by atoms with Gasteiger partial charge in [-0.05, 0) is 30.7 Å². The summed E-state index contributed by atoms with van der Waals surface area (Å²) in [6.07, 6.45) is 5.86. The summed E-state index contributed by atoms with van der Waals surface area (Å²) in [4.78, 5) is 0. The zero-order valence-electron chi connectivity index (χ0n) is 9.05. The first-order valence-electron chi connectivity index (χ1n) is 5.50. The monoisotopic (exact) mass is 225 g/mol. The Hall–Kier alpha value is -0.690. The van der Waals surface area contributed by atoms with Crippen LogP contribution in [0.15, 0.2) is 24.3 Å². The van der Waals surface area contributed by atoms with Crippen molar-refractivity contribution in [1.29, 1.82) is 0 Å². The first kappa shape index (κ1) is 12.4. The molecule has 0 heterocycles. The molecule has 0 saturated carbocycles. The van der Waals surface area contributed by atoms with Crippen molar-refractivity contribution in [1.82, 2.24) is 0 Å². The first-order valence-corrected chi connectivity index (χ1v) is 5.88. The van der Waals surface area contributed by atoms with E-state index in [1.165, 1.54) is 19.3 Å². The lowest BCUT2D eigenvalue weighted by atomic mass is 10.2. The van der Waals surface area contributed by atoms with Gasteiger partial charge < -0.3 is 4.74 Å². The minimum Gasteiger partial charge on any atom is -0.494 e. The van der Waals surface area contributed by atoms with Crippen LogP contribution in [-0.4, -0.2) is 6.61 Å². The fraction of sp³-hybridized carbons (Fsp3) is 0.462. The summed E-state index contributed by atoms with van der Waals surface area (Å²) >= 11 is 5.77. The van der Waals surface area contributed by atoms with Crippen LogP contribution < -0.4 is 4.74 Å². The van der Waals surface area contributed by atoms with Gasteiger partial charge in [-0.1, -0.05) is 44.2 Å². The number of rotatable bonds is 7. The van der Waals surface area contributed by atoms with Gasteiger partial charge >= 0.3 is 0 Å². The van der Waals surface area contributed by atoms with Gasteiger partial charge in [-0.2, -0.15) is 0 Å². The highest BCUT2D eigenvalue weighted by atomic mass is 35.5. The number of hydrogen-bond donors (Lipinski definition) is 0. The Kier molecular flexibility index (Phi) is 6.26. The second-order valence-electron chi connectivity index (χ2n) is 3.57. The summed E-state index contributed by atoms with van der Waals surface area (Å²) in [5.41, 5.74) is 0. The molecule has 0 amide bonds. The lowest BCUT2D eigenvalue weighted by molar-refractivity contribution is 0.305. The minimum absolute atomic E-state index is 0.748. The average molecular weight is 226 g/mol. The first-order chi connectivity index (χ1) is 7.33. The smallest absolute Gasteiger partial charge is 0.119 e. The van der Waals surface area contributed by atoms with Crippen molar-refractivity contribution in [2.45, 2.75) is 32.1 Å². The van der Waals surface area contributed by atoms with Gasteiger partial charge in [0.25, 0.3) is 0 Å². The summed E-state index contributed by atoms with van der Waals surface area (Å²) in [7, 11) is 0. The Morgan fingerprint density at radius 2 is 1.67 bits per heavy atom. The van der Waals surface area contributed by atoms with Gasteiger partial charge in [-0.3, -0.25) is 0 Å². The molecule has 0 saturated heterocycles. The molecule has 0 N–H and O–H groups in total. The van der Waals surface area contributed by atoms with Gasteiger partial charge in [0.05, 0.1) is 6.61 Å². The van der Waals surface area contributed by atoms with Crippen LogP contribution in [0.4, 0.5) is 0 Å². The molecule has 2 heteroatoms. The van der Waals surface area contributed by atoms with Crippen LogP contribution >= 0.6 is 11.6 Å². The molecule has 0 spiro atoms. The van der Waals surface area contributed by atoms with Gasteiger partial charge in [0.1, 0.15) is 5.75 Å². The Balaban J connectivity index is 2.07. The molecule has 1 aromatic rings. The van der Waals surface area contributed by atoms with E-state index in [1.54, 1.807) is 0 Å². The molecule has 15 heavy (non-hydrogen) atoms. The molecule has 0 aliphatic heterocycles. The Morgan fingerprint density at radius 1 is 1.00 bits per heavy atom. The quantitative estimate of drug-likeness (QED) is 0.621. The lowest BCUT2D eigenvalue weighted by Crippen LogP contribution is -1.96. The second-order valence-corrected chi connectivity index (χ2v) is 4.01. The van der Waals surface area contributed by atoms with E-state index in [0.717, 1.165) is 30.2 Å². The third kappa shape index (κ3) is 5.68. The third-order valence-electron chi connectivity index (χ3n) is 2.23. The molecule has 1 nitrogen and oxygen atoms in total. The number of ether oxygens (including phenoxy) is 1. The van der Waals surface area contributed by atoms with E-state index in [-0.39, 0.29) is 0 Å². The number of halogens is 1. The molecule has 0 aliphatic rings. The maximum Gasteiger partial charge on any atom is 0.119 e. The predicted molar refractivity (Wildman–Crippen MR) is 65.4 cm³/mol. The van der Waals surface area contributed by atoms with Crippen LogP contribution in [0.5, 0.6) is 5.75 Å².